The van der Waals surface area contributed by atoms with Gasteiger partial charge in [-0.05, 0) is 25.0 Å². The lowest BCUT2D eigenvalue weighted by Gasteiger charge is -2.03. The summed E-state index contributed by atoms with van der Waals surface area (Å²) in [6.45, 7) is 2.48. The van der Waals surface area contributed by atoms with E-state index < -0.39 is 0 Å². The molecular formula is C16H17N3OS. The van der Waals surface area contributed by atoms with Crippen molar-refractivity contribution in [3.63, 3.8) is 0 Å². The molecule has 5 heteroatoms. The quantitative estimate of drug-likeness (QED) is 0.760. The number of aryl methyl sites for hydroxylation is 2. The van der Waals surface area contributed by atoms with Crippen LogP contribution in [0.5, 0.6) is 0 Å². The Morgan fingerprint density at radius 2 is 2.24 bits per heavy atom. The molecule has 108 valence electrons. The summed E-state index contributed by atoms with van der Waals surface area (Å²) < 4.78 is 0. The molecule has 0 saturated heterocycles. The molecule has 3 aromatic rings. The van der Waals surface area contributed by atoms with Gasteiger partial charge in [0.1, 0.15) is 5.01 Å². The predicted molar refractivity (Wildman–Crippen MR) is 85.3 cm³/mol. The third-order valence-corrected chi connectivity index (χ3v) is 4.37. The van der Waals surface area contributed by atoms with Crippen LogP contribution < -0.4 is 5.32 Å². The van der Waals surface area contributed by atoms with Crippen LogP contribution >= 0.6 is 11.3 Å². The lowest BCUT2D eigenvalue weighted by atomic mass is 10.1. The number of aromatic amines is 1. The summed E-state index contributed by atoms with van der Waals surface area (Å²) in [5.41, 5.74) is 3.31. The van der Waals surface area contributed by atoms with Crippen LogP contribution in [0.2, 0.25) is 0 Å². The van der Waals surface area contributed by atoms with Gasteiger partial charge in [0.15, 0.2) is 0 Å². The molecule has 21 heavy (non-hydrogen) atoms. The maximum Gasteiger partial charge on any atom is 0.220 e. The van der Waals surface area contributed by atoms with E-state index in [9.17, 15) is 4.79 Å². The average molecular weight is 299 g/mol. The Morgan fingerprint density at radius 3 is 3.05 bits per heavy atom. The predicted octanol–water partition coefficient (Wildman–Crippen LogP) is 3.18. The van der Waals surface area contributed by atoms with Gasteiger partial charge >= 0.3 is 0 Å². The summed E-state index contributed by atoms with van der Waals surface area (Å²) in [5, 5.41) is 7.06. The highest BCUT2D eigenvalue weighted by atomic mass is 32.1. The fraction of sp³-hybridized carbons (Fsp3) is 0.250. The van der Waals surface area contributed by atoms with Crippen molar-refractivity contribution in [3.8, 4) is 0 Å². The number of carbonyl (C=O) groups is 1. The summed E-state index contributed by atoms with van der Waals surface area (Å²) in [4.78, 5) is 19.5. The molecule has 0 radical (unpaired) electrons. The maximum atomic E-state index is 11.9. The van der Waals surface area contributed by atoms with Gasteiger partial charge in [0.2, 0.25) is 5.91 Å². The number of rotatable bonds is 5. The minimum absolute atomic E-state index is 0.0631. The molecule has 0 bridgehead atoms. The Kier molecular flexibility index (Phi) is 4.01. The van der Waals surface area contributed by atoms with Gasteiger partial charge < -0.3 is 10.3 Å². The topological polar surface area (TPSA) is 57.8 Å². The highest BCUT2D eigenvalue weighted by molar-refractivity contribution is 7.09. The molecule has 0 spiro atoms. The molecule has 0 saturated carbocycles. The zero-order chi connectivity index (χ0) is 14.7. The Hall–Kier alpha value is -2.14. The van der Waals surface area contributed by atoms with Crippen LogP contribution in [-0.2, 0) is 17.8 Å². The standard InChI is InChI=1S/C16H17N3OS/c1-11-10-21-16(19-11)9-18-15(20)7-6-12-8-17-14-5-3-2-4-13(12)14/h2-5,8,10,17H,6-7,9H2,1H3,(H,18,20). The SMILES string of the molecule is Cc1csc(CNC(=O)CCc2c[nH]c3ccccc23)n1. The summed E-state index contributed by atoms with van der Waals surface area (Å²) >= 11 is 1.58. The lowest BCUT2D eigenvalue weighted by molar-refractivity contribution is -0.121. The molecule has 1 aromatic carbocycles. The molecule has 1 amide bonds. The molecular weight excluding hydrogens is 282 g/mol. The van der Waals surface area contributed by atoms with E-state index in [-0.39, 0.29) is 5.91 Å². The van der Waals surface area contributed by atoms with E-state index in [1.165, 1.54) is 10.9 Å². The fourth-order valence-corrected chi connectivity index (χ4v) is 3.04. The van der Waals surface area contributed by atoms with Crippen molar-refractivity contribution in [1.82, 2.24) is 15.3 Å². The molecule has 0 aliphatic heterocycles. The number of benzene rings is 1. The van der Waals surface area contributed by atoms with Gasteiger partial charge in [-0.3, -0.25) is 4.79 Å². The lowest BCUT2D eigenvalue weighted by Crippen LogP contribution is -2.22. The Labute approximate surface area is 127 Å². The summed E-state index contributed by atoms with van der Waals surface area (Å²) in [7, 11) is 0. The molecule has 0 fully saturated rings. The molecule has 0 aliphatic rings. The summed E-state index contributed by atoms with van der Waals surface area (Å²) in [6, 6.07) is 8.15. The number of fused-ring (bicyclic) bond motifs is 1. The van der Waals surface area contributed by atoms with Crippen molar-refractivity contribution in [2.45, 2.75) is 26.3 Å². The maximum absolute atomic E-state index is 11.9. The van der Waals surface area contributed by atoms with Gasteiger partial charge in [0.05, 0.1) is 6.54 Å². The number of hydrogen-bond donors (Lipinski definition) is 2. The summed E-state index contributed by atoms with van der Waals surface area (Å²) in [5.74, 6) is 0.0631. The van der Waals surface area contributed by atoms with Crippen LogP contribution in [0, 0.1) is 6.92 Å². The Bertz CT molecular complexity index is 760. The van der Waals surface area contributed by atoms with Gasteiger partial charge in [-0.15, -0.1) is 11.3 Å². The minimum atomic E-state index is 0.0631. The first-order valence-corrected chi connectivity index (χ1v) is 7.83. The van der Waals surface area contributed by atoms with Crippen LogP contribution in [0.3, 0.4) is 0 Å². The van der Waals surface area contributed by atoms with Crippen LogP contribution in [0.4, 0.5) is 0 Å². The molecule has 4 nitrogen and oxygen atoms in total. The van der Waals surface area contributed by atoms with Gasteiger partial charge in [-0.1, -0.05) is 18.2 Å². The van der Waals surface area contributed by atoms with Crippen LogP contribution in [0.25, 0.3) is 10.9 Å². The second kappa shape index (κ2) is 6.10. The smallest absolute Gasteiger partial charge is 0.220 e. The number of para-hydroxylation sites is 1. The number of nitrogens with zero attached hydrogens (tertiary/aromatic N) is 1. The highest BCUT2D eigenvalue weighted by Crippen LogP contribution is 2.18. The van der Waals surface area contributed by atoms with Crippen LogP contribution in [-0.4, -0.2) is 15.9 Å². The number of amides is 1. The number of H-pyrrole nitrogens is 1. The Morgan fingerprint density at radius 1 is 1.38 bits per heavy atom. The van der Waals surface area contributed by atoms with Gasteiger partial charge in [0.25, 0.3) is 0 Å². The first-order chi connectivity index (χ1) is 10.2. The number of hydrogen-bond acceptors (Lipinski definition) is 3. The zero-order valence-corrected chi connectivity index (χ0v) is 12.7. The number of thiazole rings is 1. The third kappa shape index (κ3) is 3.31. The average Bonchev–Trinajstić information content (AvgIpc) is 3.09. The Balaban J connectivity index is 1.54. The number of aromatic nitrogens is 2. The zero-order valence-electron chi connectivity index (χ0n) is 11.8. The van der Waals surface area contributed by atoms with Crippen molar-refractivity contribution in [3.05, 3.63) is 52.1 Å². The van der Waals surface area contributed by atoms with Gasteiger partial charge in [-0.25, -0.2) is 4.98 Å². The molecule has 2 heterocycles. The van der Waals surface area contributed by atoms with Crippen molar-refractivity contribution in [1.29, 1.82) is 0 Å². The number of nitrogens with one attached hydrogen (secondary N) is 2. The van der Waals surface area contributed by atoms with E-state index >= 15 is 0 Å². The molecule has 2 N–H and O–H groups in total. The molecule has 2 aromatic heterocycles. The van der Waals surface area contributed by atoms with E-state index in [1.54, 1.807) is 11.3 Å². The molecule has 0 atom stereocenters. The number of carbonyl (C=O) groups excluding carboxylic acids is 1. The third-order valence-electron chi connectivity index (χ3n) is 3.40. The summed E-state index contributed by atoms with van der Waals surface area (Å²) in [6.07, 6.45) is 3.22. The van der Waals surface area contributed by atoms with Crippen molar-refractivity contribution in [2.75, 3.05) is 0 Å². The normalized spacial score (nSPS) is 10.9. The largest absolute Gasteiger partial charge is 0.361 e. The fourth-order valence-electron chi connectivity index (χ4n) is 2.33. The molecule has 0 aliphatic carbocycles. The highest BCUT2D eigenvalue weighted by Gasteiger charge is 2.07. The second-order valence-electron chi connectivity index (χ2n) is 5.02. The molecule has 0 unspecified atom stereocenters. The van der Waals surface area contributed by atoms with E-state index in [4.69, 9.17) is 0 Å². The monoisotopic (exact) mass is 299 g/mol. The first-order valence-electron chi connectivity index (χ1n) is 6.95. The van der Waals surface area contributed by atoms with E-state index in [1.807, 2.05) is 36.7 Å². The van der Waals surface area contributed by atoms with Gasteiger partial charge in [-0.2, -0.15) is 0 Å². The van der Waals surface area contributed by atoms with E-state index in [0.717, 1.165) is 22.6 Å². The van der Waals surface area contributed by atoms with Crippen LogP contribution in [0.15, 0.2) is 35.8 Å². The van der Waals surface area contributed by atoms with Crippen molar-refractivity contribution < 1.29 is 4.79 Å². The van der Waals surface area contributed by atoms with E-state index in [0.29, 0.717) is 13.0 Å². The van der Waals surface area contributed by atoms with Gasteiger partial charge in [0, 0.05) is 34.6 Å². The van der Waals surface area contributed by atoms with Crippen molar-refractivity contribution in [2.24, 2.45) is 0 Å². The van der Waals surface area contributed by atoms with Crippen molar-refractivity contribution >= 4 is 28.1 Å². The minimum Gasteiger partial charge on any atom is -0.361 e. The molecule has 3 rings (SSSR count). The first kappa shape index (κ1) is 13.8. The second-order valence-corrected chi connectivity index (χ2v) is 5.96. The van der Waals surface area contributed by atoms with Crippen LogP contribution in [0.1, 0.15) is 22.7 Å². The van der Waals surface area contributed by atoms with E-state index in [2.05, 4.69) is 21.4 Å².